The molecule has 0 heterocycles. The third-order valence-corrected chi connectivity index (χ3v) is 3.93. The van der Waals surface area contributed by atoms with Gasteiger partial charge < -0.3 is 4.74 Å². The smallest absolute Gasteiger partial charge is 0.387 e. The average Bonchev–Trinajstić information content (AvgIpc) is 2.55. The van der Waals surface area contributed by atoms with Crippen LogP contribution in [0.1, 0.15) is 5.56 Å². The van der Waals surface area contributed by atoms with Gasteiger partial charge in [0, 0.05) is 11.6 Å². The van der Waals surface area contributed by atoms with Gasteiger partial charge in [0.05, 0.1) is 16.0 Å². The number of nitrogens with one attached hydrogen (secondary N) is 1. The number of primary sulfonamides is 1. The number of hydrogen-bond donors (Lipinski definition) is 2. The standard InChI is InChI=1S/C14H12F2N4O5S/c15-14(16)25-13-4-2-1-3-9(13)8-18-19-11-6-5-10(26(17,23)24)7-12(11)20(21)22/h1-8,14,19H,(H2,17,23,24)/b18-8-. The summed E-state index contributed by atoms with van der Waals surface area (Å²) in [5, 5.41) is 19.7. The van der Waals surface area contributed by atoms with Gasteiger partial charge in [-0.1, -0.05) is 12.1 Å². The topological polar surface area (TPSA) is 137 Å². The van der Waals surface area contributed by atoms with Crippen molar-refractivity contribution < 1.29 is 26.9 Å². The molecule has 138 valence electrons. The van der Waals surface area contributed by atoms with Crippen LogP contribution in [0.5, 0.6) is 5.75 Å². The van der Waals surface area contributed by atoms with Crippen LogP contribution < -0.4 is 15.3 Å². The number of halogens is 2. The molecular formula is C14H12F2N4O5S. The van der Waals surface area contributed by atoms with Crippen molar-refractivity contribution >= 4 is 27.6 Å². The molecule has 0 atom stereocenters. The summed E-state index contributed by atoms with van der Waals surface area (Å²) in [6, 6.07) is 8.74. The van der Waals surface area contributed by atoms with Gasteiger partial charge in [-0.2, -0.15) is 13.9 Å². The quantitative estimate of drug-likeness (QED) is 0.425. The second-order valence-electron chi connectivity index (χ2n) is 4.77. The monoisotopic (exact) mass is 386 g/mol. The zero-order chi connectivity index (χ0) is 19.3. The molecule has 0 aliphatic rings. The molecule has 2 aromatic carbocycles. The summed E-state index contributed by atoms with van der Waals surface area (Å²) in [7, 11) is -4.11. The number of ether oxygens (including phenoxy) is 1. The Labute approximate surface area is 146 Å². The predicted molar refractivity (Wildman–Crippen MR) is 88.8 cm³/mol. The van der Waals surface area contributed by atoms with Crippen molar-refractivity contribution in [2.75, 3.05) is 5.43 Å². The number of rotatable bonds is 7. The van der Waals surface area contributed by atoms with E-state index in [2.05, 4.69) is 15.3 Å². The Morgan fingerprint density at radius 3 is 2.58 bits per heavy atom. The first kappa shape index (κ1) is 19.2. The molecule has 12 heteroatoms. The molecule has 0 saturated heterocycles. The number of anilines is 1. The lowest BCUT2D eigenvalue weighted by atomic mass is 10.2. The molecule has 2 aromatic rings. The summed E-state index contributed by atoms with van der Waals surface area (Å²) in [4.78, 5) is 9.83. The van der Waals surface area contributed by atoms with Crippen LogP contribution in [-0.4, -0.2) is 26.2 Å². The van der Waals surface area contributed by atoms with Crippen LogP contribution in [-0.2, 0) is 10.0 Å². The lowest BCUT2D eigenvalue weighted by molar-refractivity contribution is -0.384. The molecule has 0 aliphatic carbocycles. The summed E-state index contributed by atoms with van der Waals surface area (Å²) in [5.74, 6) is -0.132. The maximum absolute atomic E-state index is 12.3. The summed E-state index contributed by atoms with van der Waals surface area (Å²) < 4.78 is 51.6. The third kappa shape index (κ3) is 4.94. The lowest BCUT2D eigenvalue weighted by Crippen LogP contribution is -2.12. The van der Waals surface area contributed by atoms with Gasteiger partial charge in [0.25, 0.3) is 5.69 Å². The Balaban J connectivity index is 2.27. The van der Waals surface area contributed by atoms with E-state index in [1.807, 2.05) is 0 Å². The molecule has 0 aliphatic heterocycles. The third-order valence-electron chi connectivity index (χ3n) is 3.02. The first-order valence-corrected chi connectivity index (χ1v) is 8.37. The number of nitrogens with zero attached hydrogens (tertiary/aromatic N) is 2. The first-order valence-electron chi connectivity index (χ1n) is 6.82. The molecule has 26 heavy (non-hydrogen) atoms. The molecule has 0 unspecified atom stereocenters. The zero-order valence-electron chi connectivity index (χ0n) is 12.9. The number of hydrazone groups is 1. The number of hydrogen-bond acceptors (Lipinski definition) is 7. The number of nitro groups is 1. The second kappa shape index (κ2) is 7.84. The van der Waals surface area contributed by atoms with Crippen molar-refractivity contribution in [1.82, 2.24) is 0 Å². The molecular weight excluding hydrogens is 374 g/mol. The van der Waals surface area contributed by atoms with Crippen LogP contribution >= 0.6 is 0 Å². The predicted octanol–water partition coefficient (Wildman–Crippen LogP) is 2.29. The zero-order valence-corrected chi connectivity index (χ0v) is 13.7. The van der Waals surface area contributed by atoms with Gasteiger partial charge in [0.1, 0.15) is 11.4 Å². The van der Waals surface area contributed by atoms with E-state index in [0.29, 0.717) is 0 Å². The highest BCUT2D eigenvalue weighted by Gasteiger charge is 2.18. The highest BCUT2D eigenvalue weighted by atomic mass is 32.2. The Hall–Kier alpha value is -3.12. The number of benzene rings is 2. The molecule has 0 radical (unpaired) electrons. The van der Waals surface area contributed by atoms with Crippen LogP contribution in [0.4, 0.5) is 20.2 Å². The summed E-state index contributed by atoms with van der Waals surface area (Å²) in [6.07, 6.45) is 1.12. The van der Waals surface area contributed by atoms with Crippen molar-refractivity contribution in [3.05, 3.63) is 58.1 Å². The van der Waals surface area contributed by atoms with Crippen LogP contribution in [0, 0.1) is 10.1 Å². The van der Waals surface area contributed by atoms with Gasteiger partial charge in [-0.3, -0.25) is 15.5 Å². The Bertz CT molecular complexity index is 950. The van der Waals surface area contributed by atoms with E-state index < -0.39 is 32.1 Å². The summed E-state index contributed by atoms with van der Waals surface area (Å²) in [6.45, 7) is -3.02. The fourth-order valence-corrected chi connectivity index (χ4v) is 2.43. The van der Waals surface area contributed by atoms with Gasteiger partial charge in [0.2, 0.25) is 10.0 Å². The summed E-state index contributed by atoms with van der Waals surface area (Å²) in [5.41, 5.74) is 1.85. The van der Waals surface area contributed by atoms with Crippen LogP contribution in [0.3, 0.4) is 0 Å². The fourth-order valence-electron chi connectivity index (χ4n) is 1.90. The minimum atomic E-state index is -4.11. The van der Waals surface area contributed by atoms with Crippen molar-refractivity contribution in [2.24, 2.45) is 10.2 Å². The van der Waals surface area contributed by atoms with Crippen LogP contribution in [0.15, 0.2) is 52.5 Å². The molecule has 3 N–H and O–H groups in total. The van der Waals surface area contributed by atoms with Crippen molar-refractivity contribution in [3.63, 3.8) is 0 Å². The highest BCUT2D eigenvalue weighted by molar-refractivity contribution is 7.89. The maximum atomic E-state index is 12.3. The molecule has 0 aromatic heterocycles. The molecule has 0 fully saturated rings. The summed E-state index contributed by atoms with van der Waals surface area (Å²) >= 11 is 0. The number of para-hydroxylation sites is 1. The van der Waals surface area contributed by atoms with E-state index in [1.165, 1.54) is 18.2 Å². The van der Waals surface area contributed by atoms with Crippen LogP contribution in [0.2, 0.25) is 0 Å². The normalized spacial score (nSPS) is 11.7. The minimum Gasteiger partial charge on any atom is -0.434 e. The first-order chi connectivity index (χ1) is 12.2. The van der Waals surface area contributed by atoms with Crippen molar-refractivity contribution in [2.45, 2.75) is 11.5 Å². The number of sulfonamides is 1. The van der Waals surface area contributed by atoms with E-state index in [-0.39, 0.29) is 17.0 Å². The van der Waals surface area contributed by atoms with E-state index in [9.17, 15) is 27.3 Å². The van der Waals surface area contributed by atoms with Gasteiger partial charge in [0.15, 0.2) is 0 Å². The Morgan fingerprint density at radius 1 is 1.27 bits per heavy atom. The lowest BCUT2D eigenvalue weighted by Gasteiger charge is -2.07. The fraction of sp³-hybridized carbons (Fsp3) is 0.0714. The van der Waals surface area contributed by atoms with Gasteiger partial charge >= 0.3 is 6.61 Å². The van der Waals surface area contributed by atoms with Crippen molar-refractivity contribution in [1.29, 1.82) is 0 Å². The molecule has 0 amide bonds. The second-order valence-corrected chi connectivity index (χ2v) is 6.33. The van der Waals surface area contributed by atoms with E-state index in [1.54, 1.807) is 6.07 Å². The molecule has 0 spiro atoms. The van der Waals surface area contributed by atoms with Crippen molar-refractivity contribution in [3.8, 4) is 5.75 Å². The minimum absolute atomic E-state index is 0.120. The molecule has 9 nitrogen and oxygen atoms in total. The van der Waals surface area contributed by atoms with Gasteiger partial charge in [-0.15, -0.1) is 0 Å². The Kier molecular flexibility index (Phi) is 5.79. The molecule has 0 bridgehead atoms. The number of nitro benzene ring substituents is 1. The number of nitrogens with two attached hydrogens (primary N) is 1. The van der Waals surface area contributed by atoms with Gasteiger partial charge in [-0.05, 0) is 24.3 Å². The van der Waals surface area contributed by atoms with E-state index in [4.69, 9.17) is 5.14 Å². The van der Waals surface area contributed by atoms with Crippen LogP contribution in [0.25, 0.3) is 0 Å². The highest BCUT2D eigenvalue weighted by Crippen LogP contribution is 2.27. The average molecular weight is 386 g/mol. The largest absolute Gasteiger partial charge is 0.434 e. The van der Waals surface area contributed by atoms with E-state index in [0.717, 1.165) is 24.4 Å². The maximum Gasteiger partial charge on any atom is 0.387 e. The Morgan fingerprint density at radius 2 is 1.96 bits per heavy atom. The molecule has 2 rings (SSSR count). The van der Waals surface area contributed by atoms with E-state index >= 15 is 0 Å². The SMILES string of the molecule is NS(=O)(=O)c1ccc(N/N=C\c2ccccc2OC(F)F)c([N+](=O)[O-])c1. The van der Waals surface area contributed by atoms with Gasteiger partial charge in [-0.25, -0.2) is 13.6 Å². The molecule has 0 saturated carbocycles. The number of alkyl halides is 2.